The zero-order valence-corrected chi connectivity index (χ0v) is 24.4. The summed E-state index contributed by atoms with van der Waals surface area (Å²) in [4.78, 5) is 42.2. The van der Waals surface area contributed by atoms with Crippen LogP contribution in [0.4, 0.5) is 8.78 Å². The summed E-state index contributed by atoms with van der Waals surface area (Å²) >= 11 is 5.87. The van der Waals surface area contributed by atoms with Crippen molar-refractivity contribution in [3.63, 3.8) is 0 Å². The molecule has 0 spiro atoms. The molecular weight excluding hydrogens is 562 g/mol. The van der Waals surface area contributed by atoms with Crippen LogP contribution in [0.25, 0.3) is 10.9 Å². The van der Waals surface area contributed by atoms with Crippen LogP contribution < -0.4 is 5.32 Å². The standard InChI is InChI=1S/C32H35ClF2N4O3/c1-20(36-16-23-7-6-8-27(33)32(23)35)29-15-24(34)17-39(29)31(42)19-38-18-26(21(2)40)25-13-22(9-10-28(25)38)14-30(41)37-11-4-3-5-12-37/h6-10,13,18,24,29,36H,1,3-5,11-12,14-17,19H2,2H3/t24-,29+/m1/s1. The lowest BCUT2D eigenvalue weighted by molar-refractivity contribution is -0.132. The number of alkyl halides is 1. The third-order valence-electron chi connectivity index (χ3n) is 8.20. The quantitative estimate of drug-likeness (QED) is 0.334. The Morgan fingerprint density at radius 1 is 1.10 bits per heavy atom. The van der Waals surface area contributed by atoms with E-state index in [4.69, 9.17) is 11.6 Å². The first-order chi connectivity index (χ1) is 20.1. The number of nitrogens with zero attached hydrogens (tertiary/aromatic N) is 3. The van der Waals surface area contributed by atoms with Crippen LogP contribution in [0.15, 0.2) is 54.9 Å². The Morgan fingerprint density at radius 2 is 1.86 bits per heavy atom. The van der Waals surface area contributed by atoms with Crippen molar-refractivity contribution in [2.24, 2.45) is 0 Å². The van der Waals surface area contributed by atoms with Gasteiger partial charge in [0.05, 0.1) is 24.0 Å². The normalized spacial score (nSPS) is 18.9. The maximum Gasteiger partial charge on any atom is 0.243 e. The van der Waals surface area contributed by atoms with Gasteiger partial charge in [0.1, 0.15) is 18.5 Å². The summed E-state index contributed by atoms with van der Waals surface area (Å²) in [5, 5.41) is 3.72. The predicted octanol–water partition coefficient (Wildman–Crippen LogP) is 5.43. The number of carbonyl (C=O) groups excluding carboxylic acids is 3. The third kappa shape index (κ3) is 6.36. The van der Waals surface area contributed by atoms with E-state index in [9.17, 15) is 23.2 Å². The van der Waals surface area contributed by atoms with E-state index in [2.05, 4.69) is 11.9 Å². The predicted molar refractivity (Wildman–Crippen MR) is 158 cm³/mol. The number of piperidine rings is 1. The molecule has 1 aromatic heterocycles. The molecule has 7 nitrogen and oxygen atoms in total. The number of rotatable bonds is 9. The van der Waals surface area contributed by atoms with Gasteiger partial charge in [-0.1, -0.05) is 36.4 Å². The van der Waals surface area contributed by atoms with Gasteiger partial charge in [-0.25, -0.2) is 8.78 Å². The number of halogens is 3. The van der Waals surface area contributed by atoms with Gasteiger partial charge in [0.2, 0.25) is 11.8 Å². The summed E-state index contributed by atoms with van der Waals surface area (Å²) in [6.45, 7) is 6.93. The van der Waals surface area contributed by atoms with Gasteiger partial charge in [-0.05, 0) is 49.9 Å². The molecule has 0 unspecified atom stereocenters. The molecule has 42 heavy (non-hydrogen) atoms. The Morgan fingerprint density at radius 3 is 2.60 bits per heavy atom. The topological polar surface area (TPSA) is 74.6 Å². The number of likely N-dealkylation sites (tertiary alicyclic amines) is 2. The number of nitrogens with one attached hydrogen (secondary N) is 1. The van der Waals surface area contributed by atoms with E-state index in [0.29, 0.717) is 27.7 Å². The summed E-state index contributed by atoms with van der Waals surface area (Å²) in [6, 6.07) is 9.61. The number of hydrogen-bond acceptors (Lipinski definition) is 4. The molecule has 222 valence electrons. The smallest absolute Gasteiger partial charge is 0.243 e. The minimum absolute atomic E-state index is 0.00556. The molecule has 2 saturated heterocycles. The first-order valence-electron chi connectivity index (χ1n) is 14.3. The van der Waals surface area contributed by atoms with E-state index < -0.39 is 18.0 Å². The van der Waals surface area contributed by atoms with Gasteiger partial charge in [-0.15, -0.1) is 0 Å². The highest BCUT2D eigenvalue weighted by atomic mass is 35.5. The first-order valence-corrected chi connectivity index (χ1v) is 14.7. The van der Waals surface area contributed by atoms with Crippen LogP contribution in [0.5, 0.6) is 0 Å². The van der Waals surface area contributed by atoms with Crippen LogP contribution in [0.1, 0.15) is 54.1 Å². The summed E-state index contributed by atoms with van der Waals surface area (Å²) in [6.07, 6.45) is 3.92. The molecule has 2 aliphatic heterocycles. The number of hydrogen-bond donors (Lipinski definition) is 1. The van der Waals surface area contributed by atoms with Crippen molar-refractivity contribution in [3.05, 3.63) is 82.4 Å². The number of Topliss-reactive ketones (excluding diaryl/α,β-unsaturated/α-hetero) is 1. The molecule has 2 fully saturated rings. The molecule has 0 radical (unpaired) electrons. The maximum atomic E-state index is 14.6. The van der Waals surface area contributed by atoms with Crippen molar-refractivity contribution in [3.8, 4) is 0 Å². The minimum Gasteiger partial charge on any atom is -0.383 e. The fourth-order valence-corrected chi connectivity index (χ4v) is 6.13. The van der Waals surface area contributed by atoms with E-state index in [0.717, 1.165) is 37.9 Å². The Balaban J connectivity index is 1.31. The number of fused-ring (bicyclic) bond motifs is 1. The third-order valence-corrected chi connectivity index (χ3v) is 8.50. The van der Waals surface area contributed by atoms with Gasteiger partial charge in [0, 0.05) is 60.0 Å². The van der Waals surface area contributed by atoms with Crippen LogP contribution in [0.3, 0.4) is 0 Å². The van der Waals surface area contributed by atoms with Gasteiger partial charge in [-0.2, -0.15) is 0 Å². The average Bonchev–Trinajstić information content (AvgIpc) is 3.54. The van der Waals surface area contributed by atoms with Crippen LogP contribution >= 0.6 is 11.6 Å². The highest BCUT2D eigenvalue weighted by molar-refractivity contribution is 6.30. The van der Waals surface area contributed by atoms with E-state index in [1.165, 1.54) is 17.9 Å². The molecule has 5 rings (SSSR count). The number of aromatic nitrogens is 1. The van der Waals surface area contributed by atoms with Crippen molar-refractivity contribution in [1.29, 1.82) is 0 Å². The molecule has 3 heterocycles. The van der Waals surface area contributed by atoms with Crippen molar-refractivity contribution < 1.29 is 23.2 Å². The zero-order chi connectivity index (χ0) is 30.0. The summed E-state index contributed by atoms with van der Waals surface area (Å²) in [5.41, 5.74) is 2.70. The summed E-state index contributed by atoms with van der Waals surface area (Å²) in [5.74, 6) is -0.949. The van der Waals surface area contributed by atoms with Gasteiger partial charge in [0.15, 0.2) is 5.78 Å². The van der Waals surface area contributed by atoms with Gasteiger partial charge >= 0.3 is 0 Å². The number of carbonyl (C=O) groups is 3. The van der Waals surface area contributed by atoms with Crippen molar-refractivity contribution in [1.82, 2.24) is 19.7 Å². The average molecular weight is 597 g/mol. The van der Waals surface area contributed by atoms with E-state index in [-0.39, 0.29) is 55.1 Å². The van der Waals surface area contributed by atoms with E-state index in [1.807, 2.05) is 23.1 Å². The largest absolute Gasteiger partial charge is 0.383 e. The lowest BCUT2D eigenvalue weighted by Gasteiger charge is -2.27. The molecule has 0 bridgehead atoms. The highest BCUT2D eigenvalue weighted by Crippen LogP contribution is 2.28. The summed E-state index contributed by atoms with van der Waals surface area (Å²) < 4.78 is 30.6. The molecule has 1 N–H and O–H groups in total. The number of benzene rings is 2. The minimum atomic E-state index is -1.23. The highest BCUT2D eigenvalue weighted by Gasteiger charge is 2.37. The lowest BCUT2D eigenvalue weighted by Crippen LogP contribution is -2.41. The van der Waals surface area contributed by atoms with Crippen molar-refractivity contribution in [2.75, 3.05) is 19.6 Å². The van der Waals surface area contributed by atoms with Crippen molar-refractivity contribution >= 4 is 40.1 Å². The molecule has 3 aromatic rings. The molecule has 2 amide bonds. The fraction of sp³-hybridized carbons (Fsp3) is 0.406. The van der Waals surface area contributed by atoms with E-state index >= 15 is 0 Å². The molecule has 0 saturated carbocycles. The Hall–Kier alpha value is -3.72. The fourth-order valence-electron chi connectivity index (χ4n) is 5.93. The van der Waals surface area contributed by atoms with E-state index in [1.54, 1.807) is 22.9 Å². The molecule has 0 aliphatic carbocycles. The monoisotopic (exact) mass is 596 g/mol. The second-order valence-corrected chi connectivity index (χ2v) is 11.6. The van der Waals surface area contributed by atoms with Crippen LogP contribution in [-0.4, -0.2) is 63.8 Å². The van der Waals surface area contributed by atoms with Gasteiger partial charge in [-0.3, -0.25) is 14.4 Å². The Labute approximate surface area is 249 Å². The van der Waals surface area contributed by atoms with Gasteiger partial charge in [0.25, 0.3) is 0 Å². The molecule has 2 aliphatic rings. The second kappa shape index (κ2) is 12.7. The van der Waals surface area contributed by atoms with Crippen LogP contribution in [-0.2, 0) is 29.1 Å². The molecule has 2 atom stereocenters. The second-order valence-electron chi connectivity index (χ2n) is 11.2. The maximum absolute atomic E-state index is 14.6. The van der Waals surface area contributed by atoms with Crippen LogP contribution in [0.2, 0.25) is 5.02 Å². The van der Waals surface area contributed by atoms with Crippen molar-refractivity contribution in [2.45, 2.75) is 64.3 Å². The molecule has 10 heteroatoms. The Bertz CT molecular complexity index is 1530. The Kier molecular flexibility index (Phi) is 8.96. The lowest BCUT2D eigenvalue weighted by atomic mass is 10.0. The summed E-state index contributed by atoms with van der Waals surface area (Å²) in [7, 11) is 0. The number of amides is 2. The first kappa shape index (κ1) is 29.8. The van der Waals surface area contributed by atoms with Gasteiger partial charge < -0.3 is 19.7 Å². The molecular formula is C32H35ClF2N4O3. The SMILES string of the molecule is C=C(NCc1cccc(Cl)c1F)[C@@H]1C[C@@H](F)CN1C(=O)Cn1cc(C(C)=O)c2cc(CC(=O)N3CCCCC3)ccc21. The van der Waals surface area contributed by atoms with Crippen LogP contribution in [0, 0.1) is 5.82 Å². The zero-order valence-electron chi connectivity index (χ0n) is 23.7. The number of ketones is 1. The molecule has 2 aromatic carbocycles.